The van der Waals surface area contributed by atoms with Gasteiger partial charge in [0.15, 0.2) is 5.78 Å². The van der Waals surface area contributed by atoms with E-state index < -0.39 is 0 Å². The molecule has 0 fully saturated rings. The van der Waals surface area contributed by atoms with Crippen LogP contribution in [0.1, 0.15) is 22.1 Å². The quantitative estimate of drug-likeness (QED) is 0.602. The highest BCUT2D eigenvalue weighted by Gasteiger charge is 2.20. The van der Waals surface area contributed by atoms with Crippen molar-refractivity contribution in [1.82, 2.24) is 9.88 Å². The van der Waals surface area contributed by atoms with Crippen molar-refractivity contribution in [2.45, 2.75) is 6.04 Å². The molecule has 1 unspecified atom stereocenters. The number of allylic oxidation sites excluding steroid dienone is 2. The maximum Gasteiger partial charge on any atom is 0.182 e. The molecule has 1 aliphatic heterocycles. The van der Waals surface area contributed by atoms with Crippen LogP contribution in [0.5, 0.6) is 0 Å². The van der Waals surface area contributed by atoms with Gasteiger partial charge in [0.2, 0.25) is 0 Å². The molecule has 1 atom stereocenters. The monoisotopic (exact) mass is 352 g/mol. The Morgan fingerprint density at radius 2 is 1.59 bits per heavy atom. The fourth-order valence-corrected chi connectivity index (χ4v) is 3.24. The van der Waals surface area contributed by atoms with Crippen LogP contribution in [0, 0.1) is 0 Å². The highest BCUT2D eigenvalue weighted by Crippen LogP contribution is 2.24. The minimum absolute atomic E-state index is 0.0243. The summed E-state index contributed by atoms with van der Waals surface area (Å²) in [5.41, 5.74) is 3.91. The topological polar surface area (TPSA) is 33.2 Å². The number of rotatable bonds is 5. The van der Waals surface area contributed by atoms with Crippen LogP contribution in [0.25, 0.3) is 11.1 Å². The van der Waals surface area contributed by atoms with Gasteiger partial charge in [-0.2, -0.15) is 0 Å². The number of carbonyl (C=O) groups is 1. The van der Waals surface area contributed by atoms with Crippen molar-refractivity contribution in [2.75, 3.05) is 6.54 Å². The molecule has 1 aliphatic rings. The van der Waals surface area contributed by atoms with Crippen molar-refractivity contribution < 1.29 is 4.79 Å². The molecule has 0 saturated carbocycles. The van der Waals surface area contributed by atoms with E-state index in [0.717, 1.165) is 22.4 Å². The van der Waals surface area contributed by atoms with Gasteiger partial charge in [0.1, 0.15) is 0 Å². The molecule has 0 bridgehead atoms. The largest absolute Gasteiger partial charge is 0.358 e. The number of hydrogen-bond donors (Lipinski definition) is 0. The standard InChI is InChI=1S/C24H20N2O/c27-24(21-14-12-20(13-15-21)19-8-2-1-3-9-19)18-26-17-7-5-11-23(26)22-10-4-6-16-25-22/h1-17,23H,18H2. The van der Waals surface area contributed by atoms with Crippen LogP contribution in [0.15, 0.2) is 103 Å². The summed E-state index contributed by atoms with van der Waals surface area (Å²) in [6, 6.07) is 23.8. The molecule has 3 nitrogen and oxygen atoms in total. The lowest BCUT2D eigenvalue weighted by atomic mass is 10.0. The van der Waals surface area contributed by atoms with Crippen LogP contribution < -0.4 is 0 Å². The smallest absolute Gasteiger partial charge is 0.182 e. The predicted molar refractivity (Wildman–Crippen MR) is 108 cm³/mol. The molecule has 3 aromatic rings. The van der Waals surface area contributed by atoms with Gasteiger partial charge in [-0.25, -0.2) is 0 Å². The summed E-state index contributed by atoms with van der Waals surface area (Å²) in [6.07, 6.45) is 9.74. The first-order valence-corrected chi connectivity index (χ1v) is 9.01. The van der Waals surface area contributed by atoms with Crippen LogP contribution in [0.2, 0.25) is 0 Å². The Balaban J connectivity index is 1.50. The zero-order valence-electron chi connectivity index (χ0n) is 14.9. The third-order valence-corrected chi connectivity index (χ3v) is 4.67. The van der Waals surface area contributed by atoms with Gasteiger partial charge in [-0.3, -0.25) is 9.78 Å². The summed E-state index contributed by atoms with van der Waals surface area (Å²) < 4.78 is 0. The molecule has 132 valence electrons. The van der Waals surface area contributed by atoms with E-state index >= 15 is 0 Å². The maximum atomic E-state index is 12.8. The minimum Gasteiger partial charge on any atom is -0.358 e. The predicted octanol–water partition coefficient (Wildman–Crippen LogP) is 5.06. The molecule has 0 radical (unpaired) electrons. The average Bonchev–Trinajstić information content (AvgIpc) is 2.75. The Hall–Kier alpha value is -3.46. The molecule has 0 spiro atoms. The van der Waals surface area contributed by atoms with E-state index in [1.807, 2.05) is 83.9 Å². The molecule has 1 aromatic heterocycles. The summed E-state index contributed by atoms with van der Waals surface area (Å²) in [5, 5.41) is 0. The molecule has 2 aromatic carbocycles. The van der Waals surface area contributed by atoms with Crippen molar-refractivity contribution in [3.05, 3.63) is 115 Å². The second kappa shape index (κ2) is 7.83. The third-order valence-electron chi connectivity index (χ3n) is 4.67. The van der Waals surface area contributed by atoms with E-state index in [4.69, 9.17) is 0 Å². The number of carbonyl (C=O) groups excluding carboxylic acids is 1. The Morgan fingerprint density at radius 1 is 0.852 bits per heavy atom. The van der Waals surface area contributed by atoms with Gasteiger partial charge >= 0.3 is 0 Å². The van der Waals surface area contributed by atoms with Crippen molar-refractivity contribution in [1.29, 1.82) is 0 Å². The lowest BCUT2D eigenvalue weighted by Gasteiger charge is -2.29. The number of Topliss-reactive ketones (excluding diaryl/α,β-unsaturated/α-hetero) is 1. The van der Waals surface area contributed by atoms with Gasteiger partial charge in [-0.1, -0.05) is 72.8 Å². The number of pyridine rings is 1. The number of ketones is 1. The first kappa shape index (κ1) is 17.0. The first-order valence-electron chi connectivity index (χ1n) is 9.01. The lowest BCUT2D eigenvalue weighted by Crippen LogP contribution is -2.30. The molecule has 27 heavy (non-hydrogen) atoms. The van der Waals surface area contributed by atoms with Gasteiger partial charge in [0.25, 0.3) is 0 Å². The van der Waals surface area contributed by atoms with E-state index in [1.165, 1.54) is 0 Å². The third kappa shape index (κ3) is 3.87. The highest BCUT2D eigenvalue weighted by molar-refractivity contribution is 5.98. The van der Waals surface area contributed by atoms with E-state index in [2.05, 4.69) is 23.2 Å². The highest BCUT2D eigenvalue weighted by atomic mass is 16.1. The van der Waals surface area contributed by atoms with Crippen molar-refractivity contribution in [3.63, 3.8) is 0 Å². The summed E-state index contributed by atoms with van der Waals surface area (Å²) in [7, 11) is 0. The maximum absolute atomic E-state index is 12.8. The molecule has 0 saturated heterocycles. The molecule has 0 aliphatic carbocycles. The zero-order chi connectivity index (χ0) is 18.5. The van der Waals surface area contributed by atoms with Gasteiger partial charge in [0, 0.05) is 18.0 Å². The fourth-order valence-electron chi connectivity index (χ4n) is 3.24. The van der Waals surface area contributed by atoms with Crippen molar-refractivity contribution >= 4 is 5.78 Å². The Labute approximate surface area is 159 Å². The molecular formula is C24H20N2O. The second-order valence-corrected chi connectivity index (χ2v) is 6.46. The normalized spacial score (nSPS) is 15.7. The van der Waals surface area contributed by atoms with E-state index in [-0.39, 0.29) is 11.8 Å². The van der Waals surface area contributed by atoms with E-state index in [9.17, 15) is 4.79 Å². The minimum atomic E-state index is -0.0243. The number of aromatic nitrogens is 1. The number of benzene rings is 2. The molecule has 3 heteroatoms. The zero-order valence-corrected chi connectivity index (χ0v) is 14.9. The van der Waals surface area contributed by atoms with Crippen LogP contribution in [-0.2, 0) is 0 Å². The summed E-state index contributed by atoms with van der Waals surface area (Å²) in [6.45, 7) is 0.312. The summed E-state index contributed by atoms with van der Waals surface area (Å²) in [4.78, 5) is 19.3. The average molecular weight is 352 g/mol. The molecule has 2 heterocycles. The first-order chi connectivity index (χ1) is 13.3. The van der Waals surface area contributed by atoms with Gasteiger partial charge in [0.05, 0.1) is 18.3 Å². The molecule has 0 amide bonds. The van der Waals surface area contributed by atoms with Crippen LogP contribution in [0.4, 0.5) is 0 Å². The lowest BCUT2D eigenvalue weighted by molar-refractivity contribution is 0.0943. The summed E-state index contributed by atoms with van der Waals surface area (Å²) >= 11 is 0. The number of nitrogens with zero attached hydrogens (tertiary/aromatic N) is 2. The van der Waals surface area contributed by atoms with Crippen LogP contribution in [-0.4, -0.2) is 22.2 Å². The van der Waals surface area contributed by atoms with E-state index in [0.29, 0.717) is 6.54 Å². The SMILES string of the molecule is O=C(CN1C=CC=CC1c1ccccn1)c1ccc(-c2ccccc2)cc1. The number of hydrogen-bond acceptors (Lipinski definition) is 3. The Kier molecular flexibility index (Phi) is 4.93. The van der Waals surface area contributed by atoms with Crippen molar-refractivity contribution in [2.24, 2.45) is 0 Å². The van der Waals surface area contributed by atoms with Crippen LogP contribution in [0.3, 0.4) is 0 Å². The Bertz CT molecular complexity index is 960. The van der Waals surface area contributed by atoms with Gasteiger partial charge in [-0.15, -0.1) is 0 Å². The van der Waals surface area contributed by atoms with Crippen molar-refractivity contribution in [3.8, 4) is 11.1 Å². The van der Waals surface area contributed by atoms with Gasteiger partial charge < -0.3 is 4.90 Å². The van der Waals surface area contributed by atoms with E-state index in [1.54, 1.807) is 6.20 Å². The second-order valence-electron chi connectivity index (χ2n) is 6.46. The molecule has 0 N–H and O–H groups in total. The summed E-state index contributed by atoms with van der Waals surface area (Å²) in [5.74, 6) is 0.0930. The Morgan fingerprint density at radius 3 is 2.33 bits per heavy atom. The molecular weight excluding hydrogens is 332 g/mol. The fraction of sp³-hybridized carbons (Fsp3) is 0.0833. The van der Waals surface area contributed by atoms with Crippen LogP contribution >= 0.6 is 0 Å². The van der Waals surface area contributed by atoms with Gasteiger partial charge in [-0.05, 0) is 29.3 Å². The molecule has 4 rings (SSSR count).